The SMILES string of the molecule is C=S1(=O)NC(c2cc(-c3cnn(C)c3C)cs2)CC(C(=O)Nc2ccc(F)c(Cl)c2)N1C.C=S1(=O)NC(c2ccc(-c3c(C)nn(C)c3C)s2)CC(C(=O)Nc2ccc(F)c(Cl)c2)N1C.C=S1(=O)NC(c2ccc(-c3cn(C)nc3C)s2)CC(C(=O)Nc2ccc(F)c(Cl)c2)N1C. The molecule has 9 unspecified atom stereocenters. The topological polar surface area (TPSA) is 238 Å². The van der Waals surface area contributed by atoms with Crippen molar-refractivity contribution in [3.63, 3.8) is 0 Å². The number of likely N-dealkylation sites (N-methyl/N-ethyl adjacent to an activating group) is 3. The molecule has 3 saturated heterocycles. The molecule has 9 heterocycles. The fourth-order valence-electron chi connectivity index (χ4n) is 11.3. The van der Waals surface area contributed by atoms with Gasteiger partial charge in [-0.25, -0.2) is 52.9 Å². The molecule has 3 aliphatic heterocycles. The molecule has 9 atom stereocenters. The Hall–Kier alpha value is -6.72. The lowest BCUT2D eigenvalue weighted by atomic mass is 10.0. The molecule has 3 amide bonds. The first-order valence-electron chi connectivity index (χ1n) is 29.8. The maximum absolute atomic E-state index is 13.5. The Morgan fingerprint density at radius 1 is 0.536 bits per heavy atom. The van der Waals surface area contributed by atoms with Crippen LogP contribution in [-0.2, 0) is 65.2 Å². The summed E-state index contributed by atoms with van der Waals surface area (Å²) in [5.74, 6) is 8.67. The number of benzene rings is 3. The molecule has 0 spiro atoms. The van der Waals surface area contributed by atoms with Crippen LogP contribution in [0.2, 0.25) is 15.1 Å². The van der Waals surface area contributed by atoms with E-state index in [0.717, 1.165) is 69.4 Å². The van der Waals surface area contributed by atoms with Crippen molar-refractivity contribution in [3.05, 3.63) is 173 Å². The van der Waals surface area contributed by atoms with E-state index < -0.39 is 65.3 Å². The number of nitrogens with zero attached hydrogens (tertiary/aromatic N) is 9. The van der Waals surface area contributed by atoms with Gasteiger partial charge in [0.25, 0.3) is 0 Å². The third-order valence-electron chi connectivity index (χ3n) is 17.0. The molecule has 6 aromatic heterocycles. The van der Waals surface area contributed by atoms with Crippen molar-refractivity contribution in [2.24, 2.45) is 21.1 Å². The van der Waals surface area contributed by atoms with Gasteiger partial charge in [-0.05, 0) is 160 Å². The van der Waals surface area contributed by atoms with Crippen LogP contribution in [-0.4, -0.2) is 129 Å². The number of halogens is 6. The molecule has 0 aliphatic carbocycles. The molecule has 21 nitrogen and oxygen atoms in total. The number of aryl methyl sites for hydroxylation is 5. The van der Waals surface area contributed by atoms with Gasteiger partial charge in [-0.3, -0.25) is 28.4 Å². The Kier molecular flexibility index (Phi) is 22.0. The van der Waals surface area contributed by atoms with Crippen LogP contribution in [0.4, 0.5) is 30.2 Å². The maximum Gasteiger partial charge on any atom is 0.242 e. The van der Waals surface area contributed by atoms with Gasteiger partial charge in [-0.15, -0.1) is 34.0 Å². The molecule has 0 saturated carbocycles. The summed E-state index contributed by atoms with van der Waals surface area (Å²) in [6, 6.07) is 18.8. The Labute approximate surface area is 589 Å². The monoisotopic (exact) mass is 1500 g/mol. The Morgan fingerprint density at radius 3 is 1.32 bits per heavy atom. The lowest BCUT2D eigenvalue weighted by Crippen LogP contribution is -2.55. The Bertz CT molecular complexity index is 4710. The zero-order valence-corrected chi connectivity index (χ0v) is 61.4. The first kappa shape index (κ1) is 73.0. The maximum atomic E-state index is 13.5. The van der Waals surface area contributed by atoms with E-state index in [4.69, 9.17) is 34.8 Å². The molecule has 33 heteroatoms. The van der Waals surface area contributed by atoms with Crippen LogP contribution in [0.25, 0.3) is 32.0 Å². The summed E-state index contributed by atoms with van der Waals surface area (Å²) >= 11 is 22.1. The van der Waals surface area contributed by atoms with Gasteiger partial charge in [0.15, 0.2) is 0 Å². The third kappa shape index (κ3) is 16.1. The second-order valence-corrected chi connectivity index (χ2v) is 34.2. The van der Waals surface area contributed by atoms with Crippen molar-refractivity contribution in [2.75, 3.05) is 37.1 Å². The number of hydrogen-bond donors (Lipinski definition) is 6. The molecule has 3 aliphatic rings. The van der Waals surface area contributed by atoms with E-state index in [1.54, 1.807) is 48.5 Å². The minimum Gasteiger partial charge on any atom is -0.325 e. The predicted octanol–water partition coefficient (Wildman–Crippen LogP) is 11.6. The number of aromatic nitrogens is 6. The number of nitrogens with one attached hydrogen (secondary N) is 6. The van der Waals surface area contributed by atoms with Gasteiger partial charge in [-0.2, -0.15) is 15.3 Å². The van der Waals surface area contributed by atoms with Crippen LogP contribution in [0.1, 0.15) is 74.8 Å². The second-order valence-electron chi connectivity index (χ2n) is 23.6. The summed E-state index contributed by atoms with van der Waals surface area (Å²) in [4.78, 5) is 44.1. The first-order chi connectivity index (χ1) is 45.6. The fraction of sp³-hybridized carbons (Fsp3) is 0.297. The number of carbonyl (C=O) groups is 3. The van der Waals surface area contributed by atoms with Crippen LogP contribution in [0.15, 0.2) is 103 Å². The van der Waals surface area contributed by atoms with E-state index >= 15 is 0 Å². The standard InChI is InChI=1S/C22H25ClFN5O2S2.2C21H23ClFN5O2S2/c1-12-21(13(2)28(3)26-12)20-9-8-19(32-20)17-11-18(29(4)33(5,31)27-17)22(30)25-14-6-7-16(24)15(23)10-14;1-12-15(10-24-27(12)2)13-7-20(31-11-13)18-9-19(28(3)32(4,30)26-18)21(29)25-14-5-6-17(23)16(22)8-14;1-12-14(11-27(2)25-12)19-7-8-20(31-19)17-10-18(28(3)32(4,30)26-17)21(29)24-13-5-6-16(23)15(22)9-13/h6-10,17-18H,5,11H2,1-4H3,(H,25,30)(H,27,31);5-8,10-11,18-19H,4,9H2,1-3H3,(H,25,29)(H,26,30);5-9,11,17-18H,4,10H2,1-3H3,(H,24,29)(H,26,30). The number of anilines is 3. The van der Waals surface area contributed by atoms with E-state index in [-0.39, 0.29) is 50.9 Å². The number of rotatable bonds is 12. The van der Waals surface area contributed by atoms with Crippen molar-refractivity contribution in [1.82, 2.24) is 56.4 Å². The molecule has 3 aromatic carbocycles. The molecule has 3 fully saturated rings. The highest BCUT2D eigenvalue weighted by Gasteiger charge is 2.41. The molecule has 9 aromatic rings. The van der Waals surface area contributed by atoms with Crippen molar-refractivity contribution >= 4 is 151 Å². The minimum atomic E-state index is -2.90. The van der Waals surface area contributed by atoms with Crippen molar-refractivity contribution in [3.8, 4) is 32.0 Å². The van der Waals surface area contributed by atoms with E-state index in [1.165, 1.54) is 78.8 Å². The summed E-state index contributed by atoms with van der Waals surface area (Å²) in [6.45, 7) is 7.94. The van der Waals surface area contributed by atoms with Gasteiger partial charge in [0.1, 0.15) is 35.6 Å². The molecule has 516 valence electrons. The lowest BCUT2D eigenvalue weighted by Gasteiger charge is -2.39. The third-order valence-corrected chi connectivity index (χ3v) is 26.9. The quantitative estimate of drug-likeness (QED) is 0.0637. The highest BCUT2D eigenvalue weighted by molar-refractivity contribution is 7.97. The number of hydrogen-bond acceptors (Lipinski definition) is 12. The minimum absolute atomic E-state index is 0.0857. The fourth-order valence-corrected chi connectivity index (χ4v) is 19.7. The summed E-state index contributed by atoms with van der Waals surface area (Å²) in [7, 11) is 1.78. The Morgan fingerprint density at radius 2 is 0.948 bits per heavy atom. The smallest absolute Gasteiger partial charge is 0.242 e. The molecule has 0 bridgehead atoms. The molecule has 97 heavy (non-hydrogen) atoms. The Balaban J connectivity index is 0.000000158. The van der Waals surface area contributed by atoms with Crippen LogP contribution in [0, 0.1) is 45.1 Å². The second kappa shape index (κ2) is 29.2. The van der Waals surface area contributed by atoms with Crippen molar-refractivity contribution in [1.29, 1.82) is 0 Å². The van der Waals surface area contributed by atoms with Gasteiger partial charge in [-0.1, -0.05) is 34.8 Å². The van der Waals surface area contributed by atoms with Crippen LogP contribution < -0.4 is 30.1 Å². The first-order valence-corrected chi connectivity index (χ1v) is 38.5. The highest BCUT2D eigenvalue weighted by Crippen LogP contribution is 2.41. The zero-order chi connectivity index (χ0) is 70.5. The van der Waals surface area contributed by atoms with Gasteiger partial charge >= 0.3 is 0 Å². The molecule has 0 radical (unpaired) electrons. The normalized spacial score (nSPS) is 23.8. The highest BCUT2D eigenvalue weighted by atomic mass is 35.5. The van der Waals surface area contributed by atoms with E-state index in [0.29, 0.717) is 36.3 Å². The predicted molar refractivity (Wildman–Crippen MR) is 391 cm³/mol. The largest absolute Gasteiger partial charge is 0.325 e. The molecular formula is C64H71Cl3F3N15O6S6. The summed E-state index contributed by atoms with van der Waals surface area (Å²) in [5, 5.41) is 23.2. The van der Waals surface area contributed by atoms with Crippen LogP contribution in [0.3, 0.4) is 0 Å². The molecule has 12 rings (SSSR count). The average molecular weight is 1500 g/mol. The van der Waals surface area contributed by atoms with Gasteiger partial charge in [0.2, 0.25) is 17.7 Å². The number of amides is 3. The summed E-state index contributed by atoms with van der Waals surface area (Å²) in [5.41, 5.74) is 9.24. The van der Waals surface area contributed by atoms with Gasteiger partial charge in [0, 0.05) is 118 Å². The zero-order valence-electron chi connectivity index (χ0n) is 54.2. The molecule has 6 N–H and O–H groups in total. The average Bonchev–Trinajstić information content (AvgIpc) is 1.76. The van der Waals surface area contributed by atoms with E-state index in [2.05, 4.69) is 63.0 Å². The summed E-state index contributed by atoms with van der Waals surface area (Å²) < 4.78 is 98.9. The van der Waals surface area contributed by atoms with Crippen LogP contribution >= 0.6 is 68.8 Å². The number of thiophene rings is 3. The van der Waals surface area contributed by atoms with Crippen molar-refractivity contribution in [2.45, 2.75) is 83.2 Å². The molecular weight excluding hydrogens is 1430 g/mol. The number of carbonyl (C=O) groups excluding carboxylic acids is 3. The van der Waals surface area contributed by atoms with Crippen molar-refractivity contribution < 1.29 is 40.2 Å². The summed E-state index contributed by atoms with van der Waals surface area (Å²) in [6.07, 6.45) is 4.93. The lowest BCUT2D eigenvalue weighted by molar-refractivity contribution is -0.120. The van der Waals surface area contributed by atoms with E-state index in [1.807, 2.05) is 106 Å². The van der Waals surface area contributed by atoms with E-state index in [9.17, 15) is 40.2 Å². The van der Waals surface area contributed by atoms with Gasteiger partial charge in [0.05, 0.1) is 80.5 Å². The van der Waals surface area contributed by atoms with Crippen LogP contribution in [0.5, 0.6) is 0 Å². The van der Waals surface area contributed by atoms with Gasteiger partial charge < -0.3 is 16.0 Å².